The first-order valence-electron chi connectivity index (χ1n) is 9.41. The molecular weight excluding hydrogens is 368 g/mol. The van der Waals surface area contributed by atoms with Crippen molar-refractivity contribution < 1.29 is 8.78 Å². The summed E-state index contributed by atoms with van der Waals surface area (Å²) in [5.41, 5.74) is 11.0. The molecule has 1 aromatic heterocycles. The minimum atomic E-state index is -1.20. The lowest BCUT2D eigenvalue weighted by molar-refractivity contribution is 0.208. The smallest absolute Gasteiger partial charge is 0.329 e. The standard InChI is InChI=1S/C19H25F2N5O2/c1-8-15-9(17(27)24-18(28)26(15)14-5-13(14)22)4-11(20)16(8)25-6-10(12(21)7-25)19(2,3)23/h4,10,12-14H,5-7,22-23H2,1-3H3,(H,24,27,28)/t10-,12+,13?,14?/m0/s1. The van der Waals surface area contributed by atoms with Gasteiger partial charge >= 0.3 is 5.69 Å². The summed E-state index contributed by atoms with van der Waals surface area (Å²) >= 11 is 0. The summed E-state index contributed by atoms with van der Waals surface area (Å²) in [6.07, 6.45) is -0.597. The molecule has 0 amide bonds. The summed E-state index contributed by atoms with van der Waals surface area (Å²) in [5.74, 6) is -1.08. The number of benzene rings is 1. The zero-order valence-electron chi connectivity index (χ0n) is 16.1. The molecule has 1 saturated carbocycles. The summed E-state index contributed by atoms with van der Waals surface area (Å²) in [6, 6.07) is 0.685. The highest BCUT2D eigenvalue weighted by atomic mass is 19.1. The molecule has 1 aliphatic heterocycles. The molecule has 2 heterocycles. The van der Waals surface area contributed by atoms with Crippen molar-refractivity contribution in [1.82, 2.24) is 9.55 Å². The van der Waals surface area contributed by atoms with E-state index in [-0.39, 0.29) is 36.2 Å². The summed E-state index contributed by atoms with van der Waals surface area (Å²) in [6.45, 7) is 5.42. The fraction of sp³-hybridized carbons (Fsp3) is 0.579. The highest BCUT2D eigenvalue weighted by Gasteiger charge is 2.42. The Kier molecular flexibility index (Phi) is 4.17. The fourth-order valence-corrected chi connectivity index (χ4v) is 4.42. The maximum absolute atomic E-state index is 15.0. The lowest BCUT2D eigenvalue weighted by Crippen LogP contribution is -2.45. The SMILES string of the molecule is Cc1c(N2C[C@@H](F)[C@@H](C(C)(C)N)C2)c(F)cc2c(=O)[nH]c(=O)n(C3CC3N)c12. The van der Waals surface area contributed by atoms with Gasteiger partial charge in [-0.3, -0.25) is 14.3 Å². The van der Waals surface area contributed by atoms with Crippen LogP contribution in [0.15, 0.2) is 15.7 Å². The van der Waals surface area contributed by atoms with Gasteiger partial charge in [0.05, 0.1) is 22.6 Å². The molecule has 4 atom stereocenters. The lowest BCUT2D eigenvalue weighted by atomic mass is 9.87. The molecule has 0 radical (unpaired) electrons. The highest BCUT2D eigenvalue weighted by molar-refractivity contribution is 5.87. The van der Waals surface area contributed by atoms with Gasteiger partial charge in [-0.1, -0.05) is 0 Å². The third kappa shape index (κ3) is 2.84. The number of aromatic amines is 1. The molecule has 2 unspecified atom stereocenters. The maximum Gasteiger partial charge on any atom is 0.329 e. The molecule has 2 aromatic rings. The van der Waals surface area contributed by atoms with Crippen molar-refractivity contribution in [2.24, 2.45) is 17.4 Å². The quantitative estimate of drug-likeness (QED) is 0.718. The molecule has 0 bridgehead atoms. The Bertz CT molecular complexity index is 1070. The van der Waals surface area contributed by atoms with Crippen LogP contribution in [0.2, 0.25) is 0 Å². The molecule has 1 aliphatic carbocycles. The predicted molar refractivity (Wildman–Crippen MR) is 104 cm³/mol. The van der Waals surface area contributed by atoms with Crippen molar-refractivity contribution in [3.8, 4) is 0 Å². The summed E-state index contributed by atoms with van der Waals surface area (Å²) in [7, 11) is 0. The van der Waals surface area contributed by atoms with E-state index in [0.29, 0.717) is 17.5 Å². The molecule has 152 valence electrons. The molecule has 2 aliphatic rings. The number of alkyl halides is 1. The van der Waals surface area contributed by atoms with E-state index in [9.17, 15) is 14.0 Å². The Morgan fingerprint density at radius 1 is 1.29 bits per heavy atom. The number of fused-ring (bicyclic) bond motifs is 1. The van der Waals surface area contributed by atoms with E-state index in [1.165, 1.54) is 4.57 Å². The first kappa shape index (κ1) is 19.1. The van der Waals surface area contributed by atoms with Crippen LogP contribution in [0.25, 0.3) is 10.9 Å². The number of halogens is 2. The minimum Gasteiger partial charge on any atom is -0.366 e. The van der Waals surface area contributed by atoms with Gasteiger partial charge in [0.25, 0.3) is 5.56 Å². The number of nitrogens with two attached hydrogens (primary N) is 2. The van der Waals surface area contributed by atoms with Gasteiger partial charge in [-0.15, -0.1) is 0 Å². The van der Waals surface area contributed by atoms with Gasteiger partial charge in [-0.2, -0.15) is 0 Å². The monoisotopic (exact) mass is 393 g/mol. The molecule has 28 heavy (non-hydrogen) atoms. The van der Waals surface area contributed by atoms with E-state index in [1.807, 2.05) is 0 Å². The van der Waals surface area contributed by atoms with Crippen LogP contribution in [0.3, 0.4) is 0 Å². The van der Waals surface area contributed by atoms with E-state index in [4.69, 9.17) is 11.5 Å². The number of nitrogens with one attached hydrogen (secondary N) is 1. The molecule has 1 aromatic carbocycles. The molecule has 9 heteroatoms. The van der Waals surface area contributed by atoms with Gasteiger partial charge in [-0.25, -0.2) is 13.6 Å². The Morgan fingerprint density at radius 2 is 1.93 bits per heavy atom. The zero-order valence-corrected chi connectivity index (χ0v) is 16.1. The second kappa shape index (κ2) is 6.12. The van der Waals surface area contributed by atoms with Crippen LogP contribution in [0.1, 0.15) is 31.9 Å². The Morgan fingerprint density at radius 3 is 2.46 bits per heavy atom. The Hall–Kier alpha value is -2.26. The number of aryl methyl sites for hydroxylation is 1. The van der Waals surface area contributed by atoms with Gasteiger partial charge in [0.15, 0.2) is 0 Å². The molecule has 2 fully saturated rings. The van der Waals surface area contributed by atoms with Crippen LogP contribution in [-0.2, 0) is 0 Å². The largest absolute Gasteiger partial charge is 0.366 e. The molecule has 5 N–H and O–H groups in total. The first-order valence-corrected chi connectivity index (χ1v) is 9.41. The second-order valence-electron chi connectivity index (χ2n) is 8.67. The molecule has 7 nitrogen and oxygen atoms in total. The second-order valence-corrected chi connectivity index (χ2v) is 8.67. The predicted octanol–water partition coefficient (Wildman–Crippen LogP) is 0.921. The third-order valence-electron chi connectivity index (χ3n) is 6.04. The van der Waals surface area contributed by atoms with Crippen molar-refractivity contribution in [1.29, 1.82) is 0 Å². The van der Waals surface area contributed by atoms with Crippen molar-refractivity contribution >= 4 is 16.6 Å². The molecule has 0 spiro atoms. The number of H-pyrrole nitrogens is 1. The summed E-state index contributed by atoms with van der Waals surface area (Å²) in [4.78, 5) is 28.6. The van der Waals surface area contributed by atoms with Gasteiger partial charge in [0.1, 0.15) is 12.0 Å². The molecule has 4 rings (SSSR count). The lowest BCUT2D eigenvalue weighted by Gasteiger charge is -2.28. The van der Waals surface area contributed by atoms with E-state index in [1.54, 1.807) is 25.7 Å². The van der Waals surface area contributed by atoms with Crippen LogP contribution in [-0.4, -0.2) is 40.4 Å². The van der Waals surface area contributed by atoms with Crippen LogP contribution < -0.4 is 27.6 Å². The van der Waals surface area contributed by atoms with Crippen LogP contribution in [0.4, 0.5) is 14.5 Å². The maximum atomic E-state index is 15.0. The average Bonchev–Trinajstić information content (AvgIpc) is 3.14. The summed E-state index contributed by atoms with van der Waals surface area (Å²) < 4.78 is 31.1. The van der Waals surface area contributed by atoms with Crippen molar-refractivity contribution in [2.45, 2.75) is 51.0 Å². The zero-order chi connectivity index (χ0) is 20.5. The average molecular weight is 393 g/mol. The topological polar surface area (TPSA) is 110 Å². The van der Waals surface area contributed by atoms with Gasteiger partial charge in [0, 0.05) is 36.2 Å². The van der Waals surface area contributed by atoms with Gasteiger partial charge < -0.3 is 16.4 Å². The fourth-order valence-electron chi connectivity index (χ4n) is 4.42. The van der Waals surface area contributed by atoms with E-state index < -0.39 is 34.7 Å². The van der Waals surface area contributed by atoms with Gasteiger partial charge in [-0.05, 0) is 33.3 Å². The molecular formula is C19H25F2N5O2. The number of aromatic nitrogens is 2. The van der Waals surface area contributed by atoms with Crippen LogP contribution >= 0.6 is 0 Å². The van der Waals surface area contributed by atoms with E-state index >= 15 is 4.39 Å². The number of anilines is 1. The van der Waals surface area contributed by atoms with Crippen LogP contribution in [0.5, 0.6) is 0 Å². The van der Waals surface area contributed by atoms with Crippen molar-refractivity contribution in [3.63, 3.8) is 0 Å². The highest BCUT2D eigenvalue weighted by Crippen LogP contribution is 2.39. The first-order chi connectivity index (χ1) is 13.0. The number of rotatable bonds is 3. The number of hydrogen-bond donors (Lipinski definition) is 3. The number of hydrogen-bond acceptors (Lipinski definition) is 5. The Labute approximate surface area is 160 Å². The van der Waals surface area contributed by atoms with E-state index in [2.05, 4.69) is 4.98 Å². The minimum absolute atomic E-state index is 0.00489. The molecule has 1 saturated heterocycles. The van der Waals surface area contributed by atoms with E-state index in [0.717, 1.165) is 6.07 Å². The van der Waals surface area contributed by atoms with Crippen molar-refractivity contribution in [2.75, 3.05) is 18.0 Å². The Balaban J connectivity index is 1.92. The van der Waals surface area contributed by atoms with Gasteiger partial charge in [0.2, 0.25) is 0 Å². The summed E-state index contributed by atoms with van der Waals surface area (Å²) in [5, 5.41) is 0.0872. The van der Waals surface area contributed by atoms with Crippen molar-refractivity contribution in [3.05, 3.63) is 38.3 Å². The van der Waals surface area contributed by atoms with Crippen LogP contribution in [0, 0.1) is 18.7 Å². The number of nitrogens with zero attached hydrogens (tertiary/aromatic N) is 2. The third-order valence-corrected chi connectivity index (χ3v) is 6.04. The normalized spacial score (nSPS) is 27.6.